The number of hydrogen-bond acceptors (Lipinski definition) is 3. The van der Waals surface area contributed by atoms with Gasteiger partial charge in [-0.2, -0.15) is 4.31 Å². The van der Waals surface area contributed by atoms with Crippen molar-refractivity contribution in [2.45, 2.75) is 19.4 Å². The third-order valence-electron chi connectivity index (χ3n) is 2.26. The van der Waals surface area contributed by atoms with Crippen LogP contribution in [0, 0.1) is 0 Å². The summed E-state index contributed by atoms with van der Waals surface area (Å²) in [6, 6.07) is 0.184. The van der Waals surface area contributed by atoms with Crippen LogP contribution in [-0.2, 0) is 10.0 Å². The van der Waals surface area contributed by atoms with Crippen molar-refractivity contribution in [3.05, 3.63) is 0 Å². The van der Waals surface area contributed by atoms with Crippen molar-refractivity contribution >= 4 is 22.4 Å². The van der Waals surface area contributed by atoms with Gasteiger partial charge in [-0.1, -0.05) is 0 Å². The summed E-state index contributed by atoms with van der Waals surface area (Å²) < 4.78 is 36.6. The third-order valence-corrected chi connectivity index (χ3v) is 4.18. The van der Waals surface area contributed by atoms with Crippen molar-refractivity contribution in [2.75, 3.05) is 32.1 Å². The normalized spacial score (nSPS) is 23.5. The van der Waals surface area contributed by atoms with Crippen LogP contribution in [-0.4, -0.2) is 50.8 Å². The number of piperazine rings is 1. The Bertz CT molecular complexity index is 274. The number of rotatable bonds is 4. The predicted octanol–water partition coefficient (Wildman–Crippen LogP) is 0.391. The van der Waals surface area contributed by atoms with Gasteiger partial charge in [0.25, 0.3) is 0 Å². The molecule has 1 fully saturated rings. The van der Waals surface area contributed by atoms with E-state index in [4.69, 9.17) is 0 Å². The summed E-state index contributed by atoms with van der Waals surface area (Å²) in [5.74, 6) is -0.0732. The number of alkyl halides is 1. The third kappa shape index (κ3) is 4.63. The van der Waals surface area contributed by atoms with Crippen LogP contribution in [0.3, 0.4) is 0 Å². The van der Waals surface area contributed by atoms with Crippen molar-refractivity contribution in [3.8, 4) is 0 Å². The second kappa shape index (κ2) is 6.62. The van der Waals surface area contributed by atoms with E-state index in [9.17, 15) is 12.8 Å². The quantitative estimate of drug-likeness (QED) is 0.796. The van der Waals surface area contributed by atoms with Crippen molar-refractivity contribution < 1.29 is 12.8 Å². The maximum Gasteiger partial charge on any atom is 0.214 e. The monoisotopic (exact) mass is 260 g/mol. The minimum atomic E-state index is -3.23. The Labute approximate surface area is 96.7 Å². The molecule has 1 unspecified atom stereocenters. The highest BCUT2D eigenvalue weighted by Crippen LogP contribution is 2.07. The number of halogens is 2. The van der Waals surface area contributed by atoms with E-state index in [0.29, 0.717) is 19.6 Å². The molecule has 0 amide bonds. The highest BCUT2D eigenvalue weighted by molar-refractivity contribution is 7.89. The summed E-state index contributed by atoms with van der Waals surface area (Å²) in [5.41, 5.74) is 0. The first-order valence-corrected chi connectivity index (χ1v) is 6.44. The van der Waals surface area contributed by atoms with Gasteiger partial charge in [0.2, 0.25) is 10.0 Å². The van der Waals surface area contributed by atoms with Gasteiger partial charge in [-0.15, -0.1) is 12.4 Å². The molecule has 0 radical (unpaired) electrons. The summed E-state index contributed by atoms with van der Waals surface area (Å²) in [5, 5.41) is 3.16. The molecule has 0 saturated carbocycles. The summed E-state index contributed by atoms with van der Waals surface area (Å²) in [6.07, 6.45) is 0.0979. The zero-order valence-corrected chi connectivity index (χ0v) is 10.4. The molecule has 7 heteroatoms. The average molecular weight is 261 g/mol. The Morgan fingerprint density at radius 1 is 1.53 bits per heavy atom. The first-order valence-electron chi connectivity index (χ1n) is 4.83. The Hall–Kier alpha value is 0.0900. The summed E-state index contributed by atoms with van der Waals surface area (Å²) in [7, 11) is -3.23. The van der Waals surface area contributed by atoms with Gasteiger partial charge in [-0.25, -0.2) is 8.42 Å². The lowest BCUT2D eigenvalue weighted by molar-refractivity contribution is 0.309. The van der Waals surface area contributed by atoms with Crippen LogP contribution in [0.5, 0.6) is 0 Å². The highest BCUT2D eigenvalue weighted by atomic mass is 35.5. The van der Waals surface area contributed by atoms with Crippen LogP contribution >= 0.6 is 12.4 Å². The summed E-state index contributed by atoms with van der Waals surface area (Å²) >= 11 is 0. The minimum Gasteiger partial charge on any atom is -0.312 e. The molecule has 1 rings (SSSR count). The average Bonchev–Trinajstić information content (AvgIpc) is 2.15. The molecule has 1 aliphatic rings. The second-order valence-electron chi connectivity index (χ2n) is 3.57. The van der Waals surface area contributed by atoms with E-state index in [1.54, 1.807) is 0 Å². The lowest BCUT2D eigenvalue weighted by Gasteiger charge is -2.30. The fourth-order valence-corrected chi connectivity index (χ4v) is 3.07. The van der Waals surface area contributed by atoms with Gasteiger partial charge in [0.05, 0.1) is 12.4 Å². The zero-order chi connectivity index (χ0) is 10.6. The molecule has 0 spiro atoms. The zero-order valence-electron chi connectivity index (χ0n) is 8.78. The van der Waals surface area contributed by atoms with Gasteiger partial charge in [0.15, 0.2) is 0 Å². The van der Waals surface area contributed by atoms with E-state index in [2.05, 4.69) is 5.32 Å². The first-order chi connectivity index (χ1) is 6.56. The van der Waals surface area contributed by atoms with Crippen molar-refractivity contribution in [1.29, 1.82) is 0 Å². The lowest BCUT2D eigenvalue weighted by atomic mass is 10.3. The number of hydrogen-bond donors (Lipinski definition) is 1. The second-order valence-corrected chi connectivity index (χ2v) is 5.66. The van der Waals surface area contributed by atoms with Crippen molar-refractivity contribution in [3.63, 3.8) is 0 Å². The van der Waals surface area contributed by atoms with Crippen LogP contribution in [0.4, 0.5) is 4.39 Å². The SMILES string of the molecule is CC1CN(S(=O)(=O)CCCF)CCN1.Cl. The van der Waals surface area contributed by atoms with E-state index in [1.165, 1.54) is 4.31 Å². The molecule has 0 aliphatic carbocycles. The fourth-order valence-electron chi connectivity index (χ4n) is 1.52. The Morgan fingerprint density at radius 2 is 2.20 bits per heavy atom. The molecule has 0 aromatic carbocycles. The highest BCUT2D eigenvalue weighted by Gasteiger charge is 2.25. The molecule has 0 bridgehead atoms. The first kappa shape index (κ1) is 15.1. The molecule has 1 heterocycles. The van der Waals surface area contributed by atoms with Crippen LogP contribution < -0.4 is 5.32 Å². The van der Waals surface area contributed by atoms with Gasteiger partial charge in [-0.3, -0.25) is 4.39 Å². The number of nitrogens with one attached hydrogen (secondary N) is 1. The molecular weight excluding hydrogens is 243 g/mol. The molecular formula is C8H18ClFN2O2S. The predicted molar refractivity (Wildman–Crippen MR) is 60.7 cm³/mol. The van der Waals surface area contributed by atoms with Gasteiger partial charge < -0.3 is 5.32 Å². The Balaban J connectivity index is 0.00000196. The van der Waals surface area contributed by atoms with Gasteiger partial charge in [0.1, 0.15) is 0 Å². The van der Waals surface area contributed by atoms with Crippen LogP contribution in [0.2, 0.25) is 0 Å². The van der Waals surface area contributed by atoms with E-state index in [-0.39, 0.29) is 30.6 Å². The molecule has 1 aliphatic heterocycles. The van der Waals surface area contributed by atoms with Crippen molar-refractivity contribution in [2.24, 2.45) is 0 Å². The molecule has 1 atom stereocenters. The van der Waals surface area contributed by atoms with E-state index in [0.717, 1.165) is 0 Å². The molecule has 15 heavy (non-hydrogen) atoms. The summed E-state index contributed by atoms with van der Waals surface area (Å²) in [4.78, 5) is 0. The molecule has 92 valence electrons. The molecule has 1 saturated heterocycles. The lowest BCUT2D eigenvalue weighted by Crippen LogP contribution is -2.51. The van der Waals surface area contributed by atoms with Crippen LogP contribution in [0.1, 0.15) is 13.3 Å². The molecule has 0 aromatic rings. The van der Waals surface area contributed by atoms with Crippen molar-refractivity contribution in [1.82, 2.24) is 9.62 Å². The Morgan fingerprint density at radius 3 is 2.73 bits per heavy atom. The maximum atomic E-state index is 11.9. The number of sulfonamides is 1. The van der Waals surface area contributed by atoms with Crippen LogP contribution in [0.25, 0.3) is 0 Å². The topological polar surface area (TPSA) is 49.4 Å². The van der Waals surface area contributed by atoms with Crippen LogP contribution in [0.15, 0.2) is 0 Å². The van der Waals surface area contributed by atoms with E-state index >= 15 is 0 Å². The van der Waals surface area contributed by atoms with E-state index in [1.807, 2.05) is 6.92 Å². The van der Waals surface area contributed by atoms with Gasteiger partial charge in [-0.05, 0) is 13.3 Å². The summed E-state index contributed by atoms with van der Waals surface area (Å²) in [6.45, 7) is 3.04. The Kier molecular flexibility index (Phi) is 6.66. The maximum absolute atomic E-state index is 11.9. The van der Waals surface area contributed by atoms with Gasteiger partial charge in [0, 0.05) is 25.7 Å². The standard InChI is InChI=1S/C8H17FN2O2S.ClH/c1-8-7-11(5-4-10-8)14(12,13)6-2-3-9;/h8,10H,2-7H2,1H3;1H. The minimum absolute atomic E-state index is 0. The fraction of sp³-hybridized carbons (Fsp3) is 1.00. The molecule has 1 N–H and O–H groups in total. The molecule has 0 aromatic heterocycles. The largest absolute Gasteiger partial charge is 0.312 e. The van der Waals surface area contributed by atoms with Gasteiger partial charge >= 0.3 is 0 Å². The smallest absolute Gasteiger partial charge is 0.214 e. The molecule has 4 nitrogen and oxygen atoms in total. The van der Waals surface area contributed by atoms with E-state index < -0.39 is 16.7 Å². The number of nitrogens with zero attached hydrogens (tertiary/aromatic N) is 1.